The Hall–Kier alpha value is -3.47. The molecule has 3 N–H and O–H groups in total. The minimum atomic E-state index is -1.01. The SMILES string of the molecule is CCOc1ccc(-n2nnc3cnc(NC4CCCC4)nc32)cc1.COCCNC(=O)O. The van der Waals surface area contributed by atoms with Crippen molar-refractivity contribution in [3.8, 4) is 11.4 Å². The van der Waals surface area contributed by atoms with Crippen molar-refractivity contribution < 1.29 is 19.4 Å². The molecule has 0 aliphatic heterocycles. The fourth-order valence-corrected chi connectivity index (χ4v) is 3.33. The van der Waals surface area contributed by atoms with Crippen molar-refractivity contribution in [2.75, 3.05) is 32.2 Å². The minimum absolute atomic E-state index is 0.353. The number of methoxy groups -OCH3 is 1. The predicted octanol–water partition coefficient (Wildman–Crippen LogP) is 2.86. The van der Waals surface area contributed by atoms with Crippen LogP contribution in [0.4, 0.5) is 10.7 Å². The van der Waals surface area contributed by atoms with Gasteiger partial charge in [-0.3, -0.25) is 0 Å². The average Bonchev–Trinajstić information content (AvgIpc) is 3.45. The first kappa shape index (κ1) is 23.2. The molecule has 11 heteroatoms. The van der Waals surface area contributed by atoms with Crippen molar-refractivity contribution in [1.29, 1.82) is 0 Å². The number of ether oxygens (including phenoxy) is 2. The molecule has 1 aliphatic carbocycles. The first-order valence-corrected chi connectivity index (χ1v) is 10.6. The molecule has 0 atom stereocenters. The van der Waals surface area contributed by atoms with Gasteiger partial charge in [-0.25, -0.2) is 9.78 Å². The number of aromatic nitrogens is 5. The summed E-state index contributed by atoms with van der Waals surface area (Å²) < 4.78 is 11.8. The van der Waals surface area contributed by atoms with Gasteiger partial charge in [0.25, 0.3) is 0 Å². The summed E-state index contributed by atoms with van der Waals surface area (Å²) in [5.74, 6) is 1.48. The molecule has 0 spiro atoms. The third-order valence-corrected chi connectivity index (χ3v) is 4.86. The quantitative estimate of drug-likeness (QED) is 0.449. The van der Waals surface area contributed by atoms with E-state index < -0.39 is 6.09 Å². The van der Waals surface area contributed by atoms with E-state index in [2.05, 4.69) is 35.7 Å². The maximum atomic E-state index is 9.71. The lowest BCUT2D eigenvalue weighted by Gasteiger charge is -2.11. The molecule has 1 fully saturated rings. The van der Waals surface area contributed by atoms with E-state index in [0.29, 0.717) is 42.9 Å². The number of rotatable bonds is 8. The highest BCUT2D eigenvalue weighted by atomic mass is 16.5. The zero-order chi connectivity index (χ0) is 22.8. The maximum absolute atomic E-state index is 9.71. The van der Waals surface area contributed by atoms with Gasteiger partial charge in [-0.15, -0.1) is 5.10 Å². The largest absolute Gasteiger partial charge is 0.494 e. The summed E-state index contributed by atoms with van der Waals surface area (Å²) in [6.07, 6.45) is 5.60. The lowest BCUT2D eigenvalue weighted by molar-refractivity contribution is 0.176. The first-order chi connectivity index (χ1) is 15.6. The Bertz CT molecular complexity index is 987. The van der Waals surface area contributed by atoms with Gasteiger partial charge in [-0.2, -0.15) is 9.67 Å². The molecule has 3 aromatic rings. The summed E-state index contributed by atoms with van der Waals surface area (Å²) in [5, 5.41) is 21.9. The van der Waals surface area contributed by atoms with Gasteiger partial charge >= 0.3 is 6.09 Å². The van der Waals surface area contributed by atoms with Gasteiger partial charge in [0.05, 0.1) is 25.1 Å². The zero-order valence-corrected chi connectivity index (χ0v) is 18.3. The van der Waals surface area contributed by atoms with Crippen LogP contribution in [-0.4, -0.2) is 69.1 Å². The molecule has 32 heavy (non-hydrogen) atoms. The number of hydrogen-bond donors (Lipinski definition) is 3. The second-order valence-electron chi connectivity index (χ2n) is 7.18. The number of nitrogens with one attached hydrogen (secondary N) is 2. The van der Waals surface area contributed by atoms with Crippen molar-refractivity contribution >= 4 is 23.2 Å². The predicted molar refractivity (Wildman–Crippen MR) is 119 cm³/mol. The Morgan fingerprint density at radius 2 is 2.00 bits per heavy atom. The van der Waals surface area contributed by atoms with Crippen LogP contribution in [0.1, 0.15) is 32.6 Å². The molecule has 1 amide bonds. The van der Waals surface area contributed by atoms with Crippen LogP contribution in [0.2, 0.25) is 0 Å². The van der Waals surface area contributed by atoms with Gasteiger partial charge in [-0.1, -0.05) is 18.1 Å². The minimum Gasteiger partial charge on any atom is -0.494 e. The van der Waals surface area contributed by atoms with Crippen molar-refractivity contribution in [2.24, 2.45) is 0 Å². The molecular weight excluding hydrogens is 414 g/mol. The zero-order valence-electron chi connectivity index (χ0n) is 18.3. The molecule has 2 aromatic heterocycles. The van der Waals surface area contributed by atoms with Gasteiger partial charge in [0, 0.05) is 19.7 Å². The second-order valence-corrected chi connectivity index (χ2v) is 7.18. The van der Waals surface area contributed by atoms with Gasteiger partial charge in [-0.05, 0) is 44.0 Å². The van der Waals surface area contributed by atoms with E-state index in [-0.39, 0.29) is 0 Å². The number of fused-ring (bicyclic) bond motifs is 1. The Kier molecular flexibility index (Phi) is 8.55. The number of carboxylic acid groups (broad SMARTS) is 1. The highest BCUT2D eigenvalue weighted by molar-refractivity contribution is 5.72. The average molecular weight is 444 g/mol. The number of amides is 1. The Labute approximate surface area is 186 Å². The highest BCUT2D eigenvalue weighted by Crippen LogP contribution is 2.22. The lowest BCUT2D eigenvalue weighted by atomic mass is 10.2. The van der Waals surface area contributed by atoms with E-state index in [4.69, 9.17) is 9.84 Å². The molecule has 0 saturated heterocycles. The van der Waals surface area contributed by atoms with Gasteiger partial charge in [0.2, 0.25) is 5.95 Å². The third-order valence-electron chi connectivity index (χ3n) is 4.86. The third kappa shape index (κ3) is 6.51. The monoisotopic (exact) mass is 443 g/mol. The molecule has 0 bridgehead atoms. The van der Waals surface area contributed by atoms with Crippen LogP contribution in [0.3, 0.4) is 0 Å². The summed E-state index contributed by atoms with van der Waals surface area (Å²) in [6, 6.07) is 8.21. The van der Waals surface area contributed by atoms with Crippen molar-refractivity contribution in [3.05, 3.63) is 30.5 Å². The van der Waals surface area contributed by atoms with Gasteiger partial charge in [0.1, 0.15) is 5.75 Å². The molecule has 11 nitrogen and oxygen atoms in total. The summed E-state index contributed by atoms with van der Waals surface area (Å²) in [4.78, 5) is 18.7. The molecular formula is C21H29N7O4. The number of nitrogens with zero attached hydrogens (tertiary/aromatic N) is 5. The summed E-state index contributed by atoms with van der Waals surface area (Å²) >= 11 is 0. The lowest BCUT2D eigenvalue weighted by Crippen LogP contribution is -2.24. The van der Waals surface area contributed by atoms with Crippen LogP contribution in [-0.2, 0) is 4.74 Å². The summed E-state index contributed by atoms with van der Waals surface area (Å²) in [5.41, 5.74) is 2.28. The van der Waals surface area contributed by atoms with Crippen molar-refractivity contribution in [1.82, 2.24) is 30.3 Å². The molecule has 1 aliphatic rings. The van der Waals surface area contributed by atoms with Crippen LogP contribution in [0.25, 0.3) is 16.9 Å². The molecule has 4 rings (SSSR count). The molecule has 172 valence electrons. The number of anilines is 1. The van der Waals surface area contributed by atoms with E-state index in [9.17, 15) is 4.79 Å². The molecule has 1 saturated carbocycles. The summed E-state index contributed by atoms with van der Waals surface area (Å²) in [7, 11) is 1.52. The van der Waals surface area contributed by atoms with Crippen molar-refractivity contribution in [2.45, 2.75) is 38.6 Å². The molecule has 0 radical (unpaired) electrons. The van der Waals surface area contributed by atoms with Crippen LogP contribution >= 0.6 is 0 Å². The fourth-order valence-electron chi connectivity index (χ4n) is 3.33. The first-order valence-electron chi connectivity index (χ1n) is 10.6. The Morgan fingerprint density at radius 1 is 1.25 bits per heavy atom. The number of hydrogen-bond acceptors (Lipinski definition) is 8. The van der Waals surface area contributed by atoms with Crippen LogP contribution in [0.5, 0.6) is 5.75 Å². The Balaban J connectivity index is 0.000000312. The van der Waals surface area contributed by atoms with Crippen LogP contribution in [0.15, 0.2) is 30.5 Å². The number of carbonyl (C=O) groups is 1. The van der Waals surface area contributed by atoms with Gasteiger partial charge < -0.3 is 25.2 Å². The van der Waals surface area contributed by atoms with E-state index in [1.807, 2.05) is 31.2 Å². The van der Waals surface area contributed by atoms with Crippen molar-refractivity contribution in [3.63, 3.8) is 0 Å². The van der Waals surface area contributed by atoms with Gasteiger partial charge in [0.15, 0.2) is 11.2 Å². The standard InChI is InChI=1S/C17H20N6O.C4H9NO3/c1-2-24-14-9-7-13(8-10-14)23-16-15(21-22-23)11-18-17(20-16)19-12-5-3-4-6-12;1-8-3-2-5-4(6)7/h7-12H,2-6H2,1H3,(H,18,19,20);5H,2-3H2,1H3,(H,6,7). The van der Waals surface area contributed by atoms with E-state index in [0.717, 1.165) is 11.4 Å². The van der Waals surface area contributed by atoms with E-state index in [1.165, 1.54) is 32.8 Å². The maximum Gasteiger partial charge on any atom is 0.404 e. The number of benzene rings is 1. The second kappa shape index (κ2) is 11.8. The molecule has 0 unspecified atom stereocenters. The topological polar surface area (TPSA) is 136 Å². The molecule has 2 heterocycles. The molecule has 1 aromatic carbocycles. The fraction of sp³-hybridized carbons (Fsp3) is 0.476. The Morgan fingerprint density at radius 3 is 2.66 bits per heavy atom. The van der Waals surface area contributed by atoms with E-state index >= 15 is 0 Å². The summed E-state index contributed by atoms with van der Waals surface area (Å²) in [6.45, 7) is 3.39. The van der Waals surface area contributed by atoms with E-state index in [1.54, 1.807) is 10.9 Å². The normalized spacial score (nSPS) is 13.4. The van der Waals surface area contributed by atoms with Crippen LogP contribution in [0, 0.1) is 0 Å². The van der Waals surface area contributed by atoms with Crippen LogP contribution < -0.4 is 15.4 Å². The highest BCUT2D eigenvalue weighted by Gasteiger charge is 2.17. The smallest absolute Gasteiger partial charge is 0.404 e.